The molecule has 5 rings (SSSR count). The third-order valence-electron chi connectivity index (χ3n) is 5.51. The van der Waals surface area contributed by atoms with Crippen LogP contribution in [0.4, 0.5) is 4.39 Å². The highest BCUT2D eigenvalue weighted by Crippen LogP contribution is 2.25. The Kier molecular flexibility index (Phi) is 4.62. The van der Waals surface area contributed by atoms with Crippen molar-refractivity contribution >= 4 is 28.0 Å². The topological polar surface area (TPSA) is 82.1 Å². The van der Waals surface area contributed by atoms with Gasteiger partial charge in [-0.3, -0.25) is 13.9 Å². The molecule has 160 valence electrons. The lowest BCUT2D eigenvalue weighted by atomic mass is 10.1. The second-order valence-corrected chi connectivity index (χ2v) is 7.62. The van der Waals surface area contributed by atoms with Gasteiger partial charge in [0.1, 0.15) is 11.3 Å². The van der Waals surface area contributed by atoms with Crippen molar-refractivity contribution in [3.63, 3.8) is 0 Å². The van der Waals surface area contributed by atoms with E-state index in [1.807, 2.05) is 18.2 Å². The van der Waals surface area contributed by atoms with Crippen LogP contribution in [-0.4, -0.2) is 20.0 Å². The monoisotopic (exact) mass is 430 g/mol. The van der Waals surface area contributed by atoms with Gasteiger partial charge in [-0.05, 0) is 54.1 Å². The van der Waals surface area contributed by atoms with Crippen LogP contribution in [0.3, 0.4) is 0 Å². The van der Waals surface area contributed by atoms with Gasteiger partial charge in [0.15, 0.2) is 5.58 Å². The molecule has 0 aliphatic carbocycles. The van der Waals surface area contributed by atoms with Crippen molar-refractivity contribution in [3.05, 3.63) is 88.1 Å². The van der Waals surface area contributed by atoms with Gasteiger partial charge in [0.05, 0.1) is 11.0 Å². The van der Waals surface area contributed by atoms with Gasteiger partial charge in [-0.25, -0.2) is 14.2 Å². The first kappa shape index (κ1) is 19.7. The Labute approximate surface area is 181 Å². The summed E-state index contributed by atoms with van der Waals surface area (Å²) in [6, 6.07) is 16.6. The maximum absolute atomic E-state index is 13.5. The van der Waals surface area contributed by atoms with Gasteiger partial charge < -0.3 is 9.73 Å². The molecule has 1 N–H and O–H groups in total. The van der Waals surface area contributed by atoms with Crippen molar-refractivity contribution in [2.75, 3.05) is 0 Å². The second kappa shape index (κ2) is 7.49. The fraction of sp³-hybridized carbons (Fsp3) is 0.125. The number of amides is 1. The summed E-state index contributed by atoms with van der Waals surface area (Å²) in [4.78, 5) is 29.2. The lowest BCUT2D eigenvalue weighted by Crippen LogP contribution is -2.22. The van der Waals surface area contributed by atoms with Gasteiger partial charge >= 0.3 is 5.69 Å². The Bertz CT molecular complexity index is 1560. The number of halogens is 1. The van der Waals surface area contributed by atoms with Crippen LogP contribution >= 0.6 is 0 Å². The van der Waals surface area contributed by atoms with Crippen LogP contribution in [0.1, 0.15) is 15.9 Å². The Morgan fingerprint density at radius 3 is 2.66 bits per heavy atom. The van der Waals surface area contributed by atoms with E-state index < -0.39 is 0 Å². The molecule has 0 unspecified atom stereocenters. The van der Waals surface area contributed by atoms with Crippen molar-refractivity contribution in [2.24, 2.45) is 14.1 Å². The second-order valence-electron chi connectivity index (χ2n) is 7.62. The fourth-order valence-corrected chi connectivity index (χ4v) is 3.76. The minimum Gasteiger partial charge on any atom is -0.436 e. The van der Waals surface area contributed by atoms with E-state index in [4.69, 9.17) is 4.42 Å². The molecule has 0 aliphatic heterocycles. The molecule has 0 bridgehead atoms. The molecule has 0 saturated heterocycles. The SMILES string of the molecule is Cn1c(=O)n(C)c2cc(CNC(=O)c3ccc4oc(-c5cccc(F)c5)nc4c3)ccc21. The first-order valence-electron chi connectivity index (χ1n) is 10.00. The van der Waals surface area contributed by atoms with Crippen LogP contribution in [0.2, 0.25) is 0 Å². The molecule has 0 fully saturated rings. The van der Waals surface area contributed by atoms with Crippen molar-refractivity contribution < 1.29 is 13.6 Å². The largest absolute Gasteiger partial charge is 0.436 e. The molecule has 5 aromatic rings. The van der Waals surface area contributed by atoms with Crippen LogP contribution in [-0.2, 0) is 20.6 Å². The van der Waals surface area contributed by atoms with E-state index in [9.17, 15) is 14.0 Å². The number of aryl methyl sites for hydroxylation is 2. The number of carbonyl (C=O) groups is 1. The molecule has 2 aromatic heterocycles. The quantitative estimate of drug-likeness (QED) is 0.471. The van der Waals surface area contributed by atoms with Gasteiger partial charge in [-0.15, -0.1) is 0 Å². The number of rotatable bonds is 4. The number of benzene rings is 3. The maximum atomic E-state index is 13.5. The molecular formula is C24H19FN4O3. The van der Waals surface area contributed by atoms with E-state index in [0.29, 0.717) is 34.7 Å². The van der Waals surface area contributed by atoms with Crippen LogP contribution in [0.5, 0.6) is 0 Å². The maximum Gasteiger partial charge on any atom is 0.328 e. The molecule has 0 saturated carbocycles. The van der Waals surface area contributed by atoms with Crippen LogP contribution in [0.25, 0.3) is 33.6 Å². The van der Waals surface area contributed by atoms with Gasteiger partial charge in [-0.2, -0.15) is 0 Å². The highest BCUT2D eigenvalue weighted by molar-refractivity contribution is 5.97. The zero-order valence-corrected chi connectivity index (χ0v) is 17.4. The van der Waals surface area contributed by atoms with Gasteiger partial charge in [0.2, 0.25) is 5.89 Å². The number of nitrogens with zero attached hydrogens (tertiary/aromatic N) is 3. The lowest BCUT2D eigenvalue weighted by Gasteiger charge is -2.06. The molecule has 7 nitrogen and oxygen atoms in total. The zero-order valence-electron chi connectivity index (χ0n) is 17.4. The first-order valence-corrected chi connectivity index (χ1v) is 10.00. The minimum absolute atomic E-state index is 0.0975. The lowest BCUT2D eigenvalue weighted by molar-refractivity contribution is 0.0951. The molecule has 2 heterocycles. The summed E-state index contributed by atoms with van der Waals surface area (Å²) in [7, 11) is 3.45. The first-order chi connectivity index (χ1) is 15.4. The number of oxazole rings is 1. The van der Waals surface area contributed by atoms with Crippen molar-refractivity contribution in [1.82, 2.24) is 19.4 Å². The van der Waals surface area contributed by atoms with Crippen molar-refractivity contribution in [2.45, 2.75) is 6.54 Å². The fourth-order valence-electron chi connectivity index (χ4n) is 3.76. The van der Waals surface area contributed by atoms with Gasteiger partial charge in [0.25, 0.3) is 5.91 Å². The van der Waals surface area contributed by atoms with Crippen LogP contribution in [0.15, 0.2) is 69.9 Å². The predicted octanol–water partition coefficient (Wildman–Crippen LogP) is 3.75. The number of fused-ring (bicyclic) bond motifs is 2. The van der Waals surface area contributed by atoms with Crippen LogP contribution < -0.4 is 11.0 Å². The molecule has 0 radical (unpaired) electrons. The molecular weight excluding hydrogens is 411 g/mol. The normalized spacial score (nSPS) is 11.3. The van der Waals surface area contributed by atoms with Crippen LogP contribution in [0, 0.1) is 5.82 Å². The number of nitrogens with one attached hydrogen (secondary N) is 1. The molecule has 8 heteroatoms. The average molecular weight is 430 g/mol. The summed E-state index contributed by atoms with van der Waals surface area (Å²) >= 11 is 0. The summed E-state index contributed by atoms with van der Waals surface area (Å²) in [5, 5.41) is 2.89. The Morgan fingerprint density at radius 1 is 1.03 bits per heavy atom. The third-order valence-corrected chi connectivity index (χ3v) is 5.51. The minimum atomic E-state index is -0.376. The number of aromatic nitrogens is 3. The summed E-state index contributed by atoms with van der Waals surface area (Å²) in [6.45, 7) is 0.309. The number of hydrogen-bond acceptors (Lipinski definition) is 4. The Hall–Kier alpha value is -4.20. The highest BCUT2D eigenvalue weighted by atomic mass is 19.1. The molecule has 1 amide bonds. The van der Waals surface area contributed by atoms with E-state index in [1.165, 1.54) is 12.1 Å². The van der Waals surface area contributed by atoms with Crippen molar-refractivity contribution in [1.29, 1.82) is 0 Å². The summed E-state index contributed by atoms with van der Waals surface area (Å²) in [6.07, 6.45) is 0. The molecule has 3 aromatic carbocycles. The summed E-state index contributed by atoms with van der Waals surface area (Å²) in [5.41, 5.74) is 4.40. The van der Waals surface area contributed by atoms with E-state index in [1.54, 1.807) is 53.6 Å². The van der Waals surface area contributed by atoms with E-state index >= 15 is 0 Å². The molecule has 0 atom stereocenters. The highest BCUT2D eigenvalue weighted by Gasteiger charge is 2.13. The Balaban J connectivity index is 1.36. The third kappa shape index (κ3) is 3.35. The zero-order chi connectivity index (χ0) is 22.4. The van der Waals surface area contributed by atoms with Gasteiger partial charge in [0, 0.05) is 31.8 Å². The van der Waals surface area contributed by atoms with E-state index in [0.717, 1.165) is 16.6 Å². The number of hydrogen-bond donors (Lipinski definition) is 1. The molecule has 0 spiro atoms. The predicted molar refractivity (Wildman–Crippen MR) is 119 cm³/mol. The number of imidazole rings is 1. The van der Waals surface area contributed by atoms with E-state index in [2.05, 4.69) is 10.3 Å². The summed E-state index contributed by atoms with van der Waals surface area (Å²) < 4.78 is 22.4. The van der Waals surface area contributed by atoms with E-state index in [-0.39, 0.29) is 17.4 Å². The molecule has 32 heavy (non-hydrogen) atoms. The summed E-state index contributed by atoms with van der Waals surface area (Å²) in [5.74, 6) is -0.346. The Morgan fingerprint density at radius 2 is 1.84 bits per heavy atom. The molecule has 0 aliphatic rings. The van der Waals surface area contributed by atoms with Gasteiger partial charge in [-0.1, -0.05) is 12.1 Å². The smallest absolute Gasteiger partial charge is 0.328 e. The average Bonchev–Trinajstić information content (AvgIpc) is 3.32. The van der Waals surface area contributed by atoms with Crippen molar-refractivity contribution in [3.8, 4) is 11.5 Å². The standard InChI is InChI=1S/C24H19FN4O3/c1-28-19-8-6-14(10-20(19)29(2)24(28)31)13-26-22(30)15-7-9-21-18(12-15)27-23(32-21)16-4-3-5-17(25)11-16/h3-12H,13H2,1-2H3,(H,26,30). The number of carbonyl (C=O) groups excluding carboxylic acids is 1.